The van der Waals surface area contributed by atoms with Gasteiger partial charge in [-0.05, 0) is 24.8 Å². The molecule has 0 spiro atoms. The molecule has 3 rings (SSSR count). The topological polar surface area (TPSA) is 55.8 Å². The number of hydrogen-bond acceptors (Lipinski definition) is 4. The van der Waals surface area contributed by atoms with Crippen LogP contribution in [0, 0.1) is 5.92 Å². The van der Waals surface area contributed by atoms with Gasteiger partial charge in [-0.3, -0.25) is 4.18 Å². The van der Waals surface area contributed by atoms with Gasteiger partial charge in [0.2, 0.25) is 0 Å². The predicted molar refractivity (Wildman–Crippen MR) is 78.3 cm³/mol. The van der Waals surface area contributed by atoms with E-state index in [2.05, 4.69) is 0 Å². The summed E-state index contributed by atoms with van der Waals surface area (Å²) in [6.07, 6.45) is 2.60. The molecule has 1 saturated carbocycles. The summed E-state index contributed by atoms with van der Waals surface area (Å²) in [7, 11) is 0. The number of benzene rings is 1. The number of carbonyl (C=O) groups excluding carboxylic acids is 1. The maximum absolute atomic E-state index is 12.3. The summed E-state index contributed by atoms with van der Waals surface area (Å²) < 4.78 is 23.7. The van der Waals surface area contributed by atoms with Gasteiger partial charge in [-0.25, -0.2) is 9.00 Å². The summed E-state index contributed by atoms with van der Waals surface area (Å²) in [4.78, 5) is 12.3. The van der Waals surface area contributed by atoms with E-state index in [0.29, 0.717) is 12.5 Å². The molecule has 1 heterocycles. The standard InChI is InChI=1S/C15H19NO4S/c1-15(9-12-7-8-12)11-20-21(18)16(15)14(17)19-10-13-5-3-2-4-6-13/h2-6,12H,7-11H2,1H3/t15-,21?/m0/s1. The van der Waals surface area contributed by atoms with E-state index in [0.717, 1.165) is 12.0 Å². The number of hydrogen-bond donors (Lipinski definition) is 0. The van der Waals surface area contributed by atoms with Crippen molar-refractivity contribution in [2.24, 2.45) is 5.92 Å². The Balaban J connectivity index is 1.65. The van der Waals surface area contributed by atoms with E-state index in [1.165, 1.54) is 17.1 Å². The molecule has 1 aromatic rings. The molecule has 2 atom stereocenters. The average Bonchev–Trinajstić information content (AvgIpc) is 3.22. The van der Waals surface area contributed by atoms with Gasteiger partial charge in [0.25, 0.3) is 11.3 Å². The monoisotopic (exact) mass is 309 g/mol. The summed E-state index contributed by atoms with van der Waals surface area (Å²) in [5.41, 5.74) is 0.375. The van der Waals surface area contributed by atoms with E-state index in [-0.39, 0.29) is 6.61 Å². The molecule has 1 aliphatic carbocycles. The van der Waals surface area contributed by atoms with Crippen LogP contribution in [-0.4, -0.2) is 26.8 Å². The van der Waals surface area contributed by atoms with E-state index in [4.69, 9.17) is 8.92 Å². The van der Waals surface area contributed by atoms with Crippen LogP contribution in [0.3, 0.4) is 0 Å². The van der Waals surface area contributed by atoms with Crippen molar-refractivity contribution in [2.45, 2.75) is 38.3 Å². The van der Waals surface area contributed by atoms with E-state index in [1.807, 2.05) is 37.3 Å². The maximum Gasteiger partial charge on any atom is 0.424 e. The maximum atomic E-state index is 12.3. The second-order valence-corrected chi connectivity index (χ2v) is 6.99. The fraction of sp³-hybridized carbons (Fsp3) is 0.533. The van der Waals surface area contributed by atoms with Gasteiger partial charge in [0.05, 0.1) is 12.1 Å². The summed E-state index contributed by atoms with van der Waals surface area (Å²) in [5, 5.41) is 0. The minimum absolute atomic E-state index is 0.173. The van der Waals surface area contributed by atoms with Crippen LogP contribution < -0.4 is 0 Å². The molecule has 0 aromatic heterocycles. The summed E-state index contributed by atoms with van der Waals surface area (Å²) in [6.45, 7) is 2.39. The van der Waals surface area contributed by atoms with Crippen LogP contribution in [0.15, 0.2) is 30.3 Å². The number of nitrogens with zero attached hydrogens (tertiary/aromatic N) is 1. The van der Waals surface area contributed by atoms with Crippen molar-refractivity contribution in [1.29, 1.82) is 0 Å². The fourth-order valence-corrected chi connectivity index (χ4v) is 3.74. The van der Waals surface area contributed by atoms with Crippen molar-refractivity contribution >= 4 is 17.4 Å². The molecular weight excluding hydrogens is 290 g/mol. The van der Waals surface area contributed by atoms with Gasteiger partial charge in [-0.1, -0.05) is 43.2 Å². The molecule has 1 aliphatic heterocycles. The Bertz CT molecular complexity index is 546. The van der Waals surface area contributed by atoms with Gasteiger partial charge in [0, 0.05) is 0 Å². The minimum Gasteiger partial charge on any atom is -0.444 e. The molecule has 0 radical (unpaired) electrons. The Morgan fingerprint density at radius 1 is 1.43 bits per heavy atom. The van der Waals surface area contributed by atoms with Crippen molar-refractivity contribution in [2.75, 3.05) is 6.61 Å². The fourth-order valence-electron chi connectivity index (χ4n) is 2.61. The molecule has 114 valence electrons. The van der Waals surface area contributed by atoms with Crippen LogP contribution in [0.1, 0.15) is 31.7 Å². The molecule has 6 heteroatoms. The first-order valence-electron chi connectivity index (χ1n) is 7.14. The average molecular weight is 309 g/mol. The second-order valence-electron chi connectivity index (χ2n) is 5.96. The lowest BCUT2D eigenvalue weighted by atomic mass is 9.96. The molecule has 1 aromatic carbocycles. The first-order valence-corrected chi connectivity index (χ1v) is 8.18. The summed E-state index contributed by atoms with van der Waals surface area (Å²) in [5.74, 6) is 0.609. The van der Waals surface area contributed by atoms with Crippen molar-refractivity contribution in [1.82, 2.24) is 4.31 Å². The Morgan fingerprint density at radius 2 is 2.14 bits per heavy atom. The highest BCUT2D eigenvalue weighted by Gasteiger charge is 2.49. The van der Waals surface area contributed by atoms with Crippen molar-refractivity contribution < 1.29 is 17.9 Å². The molecule has 5 nitrogen and oxygen atoms in total. The molecule has 2 fully saturated rings. The molecule has 2 aliphatic rings. The smallest absolute Gasteiger partial charge is 0.424 e. The Morgan fingerprint density at radius 3 is 2.81 bits per heavy atom. The lowest BCUT2D eigenvalue weighted by Crippen LogP contribution is -2.47. The van der Waals surface area contributed by atoms with Crippen molar-refractivity contribution in [3.63, 3.8) is 0 Å². The molecule has 1 amide bonds. The van der Waals surface area contributed by atoms with Gasteiger partial charge >= 0.3 is 6.09 Å². The van der Waals surface area contributed by atoms with Crippen LogP contribution in [0.5, 0.6) is 0 Å². The van der Waals surface area contributed by atoms with Gasteiger partial charge in [-0.2, -0.15) is 4.31 Å². The van der Waals surface area contributed by atoms with E-state index in [9.17, 15) is 9.00 Å². The van der Waals surface area contributed by atoms with Crippen LogP contribution >= 0.6 is 0 Å². The molecule has 1 unspecified atom stereocenters. The van der Waals surface area contributed by atoms with Crippen LogP contribution in [0.2, 0.25) is 0 Å². The molecular formula is C15H19NO4S. The number of amides is 1. The number of ether oxygens (including phenoxy) is 1. The van der Waals surface area contributed by atoms with Gasteiger partial charge in [-0.15, -0.1) is 0 Å². The third-order valence-corrected chi connectivity index (χ3v) is 5.11. The zero-order valence-electron chi connectivity index (χ0n) is 12.0. The second kappa shape index (κ2) is 5.77. The normalized spacial score (nSPS) is 28.6. The lowest BCUT2D eigenvalue weighted by Gasteiger charge is -2.30. The minimum atomic E-state index is -1.75. The third kappa shape index (κ3) is 3.27. The molecule has 0 bridgehead atoms. The van der Waals surface area contributed by atoms with Crippen LogP contribution in [0.25, 0.3) is 0 Å². The Kier molecular flexibility index (Phi) is 3.99. The highest BCUT2D eigenvalue weighted by atomic mass is 32.2. The summed E-state index contributed by atoms with van der Waals surface area (Å²) >= 11 is -1.75. The SMILES string of the molecule is C[C@]1(CC2CC2)COS(=O)N1C(=O)OCc1ccccc1. The molecule has 1 saturated heterocycles. The largest absolute Gasteiger partial charge is 0.444 e. The van der Waals surface area contributed by atoms with Crippen molar-refractivity contribution in [3.8, 4) is 0 Å². The highest BCUT2D eigenvalue weighted by molar-refractivity contribution is 7.78. The first-order chi connectivity index (χ1) is 10.1. The Labute approximate surface area is 127 Å². The van der Waals surface area contributed by atoms with Crippen molar-refractivity contribution in [3.05, 3.63) is 35.9 Å². The van der Waals surface area contributed by atoms with Gasteiger partial charge in [0.1, 0.15) is 6.61 Å². The van der Waals surface area contributed by atoms with Gasteiger partial charge in [0.15, 0.2) is 0 Å². The Hall–Kier alpha value is -1.40. The third-order valence-electron chi connectivity index (χ3n) is 3.91. The number of rotatable bonds is 4. The zero-order valence-corrected chi connectivity index (χ0v) is 12.8. The highest BCUT2D eigenvalue weighted by Crippen LogP contribution is 2.42. The predicted octanol–water partition coefficient (Wildman–Crippen LogP) is 2.79. The number of carbonyl (C=O) groups is 1. The zero-order chi connectivity index (χ0) is 14.9. The lowest BCUT2D eigenvalue weighted by molar-refractivity contribution is 0.0918. The van der Waals surface area contributed by atoms with Crippen LogP contribution in [-0.2, 0) is 26.8 Å². The molecule has 0 N–H and O–H groups in total. The van der Waals surface area contributed by atoms with E-state index in [1.54, 1.807) is 0 Å². The van der Waals surface area contributed by atoms with Gasteiger partial charge < -0.3 is 4.74 Å². The van der Waals surface area contributed by atoms with E-state index < -0.39 is 22.9 Å². The first kappa shape index (κ1) is 14.5. The van der Waals surface area contributed by atoms with Crippen LogP contribution in [0.4, 0.5) is 4.79 Å². The van der Waals surface area contributed by atoms with E-state index >= 15 is 0 Å². The quantitative estimate of drug-likeness (QED) is 0.858. The molecule has 21 heavy (non-hydrogen) atoms. The summed E-state index contributed by atoms with van der Waals surface area (Å²) in [6, 6.07) is 9.44.